The third-order valence-electron chi connectivity index (χ3n) is 3.43. The van der Waals surface area contributed by atoms with Crippen molar-refractivity contribution in [3.63, 3.8) is 0 Å². The monoisotopic (exact) mass is 255 g/mol. The van der Waals surface area contributed by atoms with Gasteiger partial charge in [-0.25, -0.2) is 0 Å². The Morgan fingerprint density at radius 1 is 1.39 bits per heavy atom. The summed E-state index contributed by atoms with van der Waals surface area (Å²) in [4.78, 5) is 27.6. The molecule has 1 N–H and O–H groups in total. The van der Waals surface area contributed by atoms with Gasteiger partial charge in [0, 0.05) is 19.6 Å². The lowest BCUT2D eigenvalue weighted by atomic mass is 10.3. The van der Waals surface area contributed by atoms with Crippen LogP contribution in [-0.4, -0.2) is 73.6 Å². The first kappa shape index (κ1) is 13.3. The predicted octanol–water partition coefficient (Wildman–Crippen LogP) is -0.944. The highest BCUT2D eigenvalue weighted by atomic mass is 16.5. The van der Waals surface area contributed by atoms with E-state index < -0.39 is 0 Å². The van der Waals surface area contributed by atoms with Crippen molar-refractivity contribution in [3.8, 4) is 0 Å². The highest BCUT2D eigenvalue weighted by molar-refractivity contribution is 5.87. The van der Waals surface area contributed by atoms with Gasteiger partial charge in [0.05, 0.1) is 25.8 Å². The molecule has 2 aliphatic rings. The van der Waals surface area contributed by atoms with E-state index >= 15 is 0 Å². The fourth-order valence-electron chi connectivity index (χ4n) is 2.29. The molecule has 0 spiro atoms. The van der Waals surface area contributed by atoms with Crippen LogP contribution >= 0.6 is 0 Å². The molecule has 6 nitrogen and oxygen atoms in total. The number of ether oxygens (including phenoxy) is 1. The number of nitrogens with one attached hydrogen (secondary N) is 1. The molecular formula is C12H21N3O3. The Morgan fingerprint density at radius 2 is 2.11 bits per heavy atom. The van der Waals surface area contributed by atoms with Crippen LogP contribution < -0.4 is 5.32 Å². The van der Waals surface area contributed by atoms with Crippen molar-refractivity contribution >= 4 is 11.8 Å². The van der Waals surface area contributed by atoms with E-state index in [1.807, 2.05) is 6.92 Å². The van der Waals surface area contributed by atoms with Gasteiger partial charge in [-0.15, -0.1) is 0 Å². The number of nitrogens with zero attached hydrogens (tertiary/aromatic N) is 2. The highest BCUT2D eigenvalue weighted by Gasteiger charge is 2.26. The fraction of sp³-hybridized carbons (Fsp3) is 0.833. The zero-order chi connectivity index (χ0) is 13.0. The molecule has 2 fully saturated rings. The van der Waals surface area contributed by atoms with Crippen molar-refractivity contribution in [2.24, 2.45) is 0 Å². The summed E-state index contributed by atoms with van der Waals surface area (Å²) in [6, 6.07) is -0.190. The molecule has 6 heteroatoms. The minimum absolute atomic E-state index is 0.0223. The van der Waals surface area contributed by atoms with Gasteiger partial charge < -0.3 is 19.9 Å². The molecule has 0 saturated carbocycles. The summed E-state index contributed by atoms with van der Waals surface area (Å²) in [7, 11) is 0. The van der Waals surface area contributed by atoms with Crippen LogP contribution in [0.25, 0.3) is 0 Å². The lowest BCUT2D eigenvalue weighted by molar-refractivity contribution is -0.143. The van der Waals surface area contributed by atoms with Gasteiger partial charge in [0.15, 0.2) is 0 Å². The minimum Gasteiger partial charge on any atom is -0.378 e. The Bertz CT molecular complexity index is 316. The molecule has 0 radical (unpaired) electrons. The molecule has 2 rings (SSSR count). The number of carbonyl (C=O) groups is 2. The summed E-state index contributed by atoms with van der Waals surface area (Å²) in [5, 5.41) is 3.14. The van der Waals surface area contributed by atoms with E-state index in [0.717, 1.165) is 13.0 Å². The summed E-state index contributed by atoms with van der Waals surface area (Å²) in [6.07, 6.45) is 0.895. The maximum absolute atomic E-state index is 12.1. The van der Waals surface area contributed by atoms with Gasteiger partial charge in [0.2, 0.25) is 11.8 Å². The van der Waals surface area contributed by atoms with Gasteiger partial charge in [-0.3, -0.25) is 9.59 Å². The third-order valence-corrected chi connectivity index (χ3v) is 3.43. The second-order valence-electron chi connectivity index (χ2n) is 4.78. The molecule has 18 heavy (non-hydrogen) atoms. The van der Waals surface area contributed by atoms with Crippen LogP contribution in [0.4, 0.5) is 0 Å². The maximum Gasteiger partial charge on any atom is 0.242 e. The second-order valence-corrected chi connectivity index (χ2v) is 4.78. The summed E-state index contributed by atoms with van der Waals surface area (Å²) in [5.41, 5.74) is 0. The number of hydrogen-bond donors (Lipinski definition) is 1. The topological polar surface area (TPSA) is 61.9 Å². The molecule has 0 aromatic carbocycles. The van der Waals surface area contributed by atoms with Crippen LogP contribution in [0, 0.1) is 0 Å². The molecule has 1 unspecified atom stereocenters. The maximum atomic E-state index is 12.1. The summed E-state index contributed by atoms with van der Waals surface area (Å²) >= 11 is 0. The zero-order valence-corrected chi connectivity index (χ0v) is 10.9. The van der Waals surface area contributed by atoms with E-state index in [1.54, 1.807) is 9.80 Å². The summed E-state index contributed by atoms with van der Waals surface area (Å²) in [5.74, 6) is 0.0508. The normalized spacial score (nSPS) is 26.1. The molecular weight excluding hydrogens is 234 g/mol. The van der Waals surface area contributed by atoms with E-state index in [1.165, 1.54) is 0 Å². The first-order valence-electron chi connectivity index (χ1n) is 6.56. The Morgan fingerprint density at radius 3 is 2.83 bits per heavy atom. The number of rotatable bonds is 2. The van der Waals surface area contributed by atoms with Crippen molar-refractivity contribution in [2.45, 2.75) is 19.4 Å². The average Bonchev–Trinajstić information content (AvgIpc) is 2.55. The Hall–Kier alpha value is -1.14. The summed E-state index contributed by atoms with van der Waals surface area (Å²) < 4.78 is 5.21. The average molecular weight is 255 g/mol. The van der Waals surface area contributed by atoms with Gasteiger partial charge in [-0.1, -0.05) is 0 Å². The van der Waals surface area contributed by atoms with E-state index in [2.05, 4.69) is 5.32 Å². The lowest BCUT2D eigenvalue weighted by Crippen LogP contribution is -2.49. The first-order valence-corrected chi connectivity index (χ1v) is 6.56. The molecule has 2 saturated heterocycles. The van der Waals surface area contributed by atoms with Crippen molar-refractivity contribution in [3.05, 3.63) is 0 Å². The van der Waals surface area contributed by atoms with Crippen LogP contribution in [0.15, 0.2) is 0 Å². The van der Waals surface area contributed by atoms with Gasteiger partial charge >= 0.3 is 0 Å². The zero-order valence-electron chi connectivity index (χ0n) is 10.9. The van der Waals surface area contributed by atoms with Crippen LogP contribution in [0.2, 0.25) is 0 Å². The molecule has 0 aromatic heterocycles. The molecule has 0 aliphatic carbocycles. The molecule has 0 bridgehead atoms. The standard InChI is InChI=1S/C12H21N3O3/c1-10-12(17)15(4-2-3-13-10)9-11(16)14-5-7-18-8-6-14/h10,13H,2-9H2,1H3. The molecule has 2 amide bonds. The van der Waals surface area contributed by atoms with Crippen molar-refractivity contribution < 1.29 is 14.3 Å². The fourth-order valence-corrected chi connectivity index (χ4v) is 2.29. The van der Waals surface area contributed by atoms with E-state index in [4.69, 9.17) is 4.74 Å². The van der Waals surface area contributed by atoms with E-state index in [9.17, 15) is 9.59 Å². The minimum atomic E-state index is -0.190. The first-order chi connectivity index (χ1) is 8.68. The Labute approximate surface area is 107 Å². The lowest BCUT2D eigenvalue weighted by Gasteiger charge is -2.30. The van der Waals surface area contributed by atoms with Gasteiger partial charge in [-0.2, -0.15) is 0 Å². The number of carbonyl (C=O) groups excluding carboxylic acids is 2. The number of amides is 2. The number of morpholine rings is 1. The summed E-state index contributed by atoms with van der Waals surface area (Å²) in [6.45, 7) is 5.99. The van der Waals surface area contributed by atoms with E-state index in [0.29, 0.717) is 32.8 Å². The molecule has 0 aromatic rings. The Kier molecular flexibility index (Phi) is 4.54. The van der Waals surface area contributed by atoms with Crippen molar-refractivity contribution in [2.75, 3.05) is 45.9 Å². The molecule has 2 heterocycles. The smallest absolute Gasteiger partial charge is 0.242 e. The quantitative estimate of drug-likeness (QED) is 0.691. The molecule has 1 atom stereocenters. The van der Waals surface area contributed by atoms with Crippen LogP contribution in [0.3, 0.4) is 0 Å². The SMILES string of the molecule is CC1NCCCN(CC(=O)N2CCOCC2)C1=O. The van der Waals surface area contributed by atoms with Crippen LogP contribution in [-0.2, 0) is 14.3 Å². The predicted molar refractivity (Wildman–Crippen MR) is 66.1 cm³/mol. The van der Waals surface area contributed by atoms with E-state index in [-0.39, 0.29) is 24.4 Å². The van der Waals surface area contributed by atoms with Crippen LogP contribution in [0.1, 0.15) is 13.3 Å². The number of hydrogen-bond acceptors (Lipinski definition) is 4. The molecule has 2 aliphatic heterocycles. The van der Waals surface area contributed by atoms with Crippen molar-refractivity contribution in [1.29, 1.82) is 0 Å². The molecule has 102 valence electrons. The third kappa shape index (κ3) is 3.20. The van der Waals surface area contributed by atoms with Gasteiger partial charge in [0.25, 0.3) is 0 Å². The Balaban J connectivity index is 1.90. The largest absolute Gasteiger partial charge is 0.378 e. The van der Waals surface area contributed by atoms with Crippen molar-refractivity contribution in [1.82, 2.24) is 15.1 Å². The van der Waals surface area contributed by atoms with Gasteiger partial charge in [-0.05, 0) is 19.9 Å². The second kappa shape index (κ2) is 6.15. The van der Waals surface area contributed by atoms with Gasteiger partial charge in [0.1, 0.15) is 0 Å². The highest BCUT2D eigenvalue weighted by Crippen LogP contribution is 2.05. The van der Waals surface area contributed by atoms with Crippen LogP contribution in [0.5, 0.6) is 0 Å².